The van der Waals surface area contributed by atoms with Crippen molar-refractivity contribution in [2.24, 2.45) is 0 Å². The molecule has 5 nitrogen and oxygen atoms in total. The highest BCUT2D eigenvalue weighted by Crippen LogP contribution is 2.41. The zero-order valence-electron chi connectivity index (χ0n) is 35.4. The highest BCUT2D eigenvalue weighted by molar-refractivity contribution is 6.11. The van der Waals surface area contributed by atoms with Gasteiger partial charge in [-0.2, -0.15) is 0 Å². The zero-order valence-corrected chi connectivity index (χ0v) is 35.4. The molecule has 0 atom stereocenters. The second-order valence-electron chi connectivity index (χ2n) is 18.2. The van der Waals surface area contributed by atoms with Crippen molar-refractivity contribution in [1.82, 2.24) is 14.5 Å². The van der Waals surface area contributed by atoms with E-state index in [0.717, 1.165) is 72.5 Å². The lowest BCUT2D eigenvalue weighted by Crippen LogP contribution is -2.16. The Kier molecular flexibility index (Phi) is 9.03. The van der Waals surface area contributed by atoms with Crippen LogP contribution in [-0.4, -0.2) is 19.6 Å². The second kappa shape index (κ2) is 14.5. The maximum atomic E-state index is 11.1. The summed E-state index contributed by atoms with van der Waals surface area (Å²) in [4.78, 5) is 10.3. The third kappa shape index (κ3) is 6.96. The highest BCUT2D eigenvalue weighted by atomic mass is 16.3. The number of para-hydroxylation sites is 2. The predicted octanol–water partition coefficient (Wildman–Crippen LogP) is 15.0. The summed E-state index contributed by atoms with van der Waals surface area (Å²) in [6.07, 6.45) is 3.61. The number of nitrogens with zero attached hydrogens (tertiary/aromatic N) is 3. The van der Waals surface area contributed by atoms with Crippen LogP contribution >= 0.6 is 0 Å². The lowest BCUT2D eigenvalue weighted by molar-refractivity contribution is 0.477. The molecule has 4 heterocycles. The number of fused-ring (bicyclic) bond motifs is 4. The molecule has 4 aromatic heterocycles. The van der Waals surface area contributed by atoms with Crippen molar-refractivity contribution in [2.75, 3.05) is 0 Å². The number of rotatable bonds is 6. The van der Waals surface area contributed by atoms with Crippen LogP contribution in [0.3, 0.4) is 0 Å². The van der Waals surface area contributed by atoms with Crippen LogP contribution in [0.1, 0.15) is 52.7 Å². The zero-order chi connectivity index (χ0) is 42.0. The van der Waals surface area contributed by atoms with E-state index in [2.05, 4.69) is 161 Å². The van der Waals surface area contributed by atoms with E-state index in [9.17, 15) is 5.11 Å². The van der Waals surface area contributed by atoms with Crippen LogP contribution in [0.4, 0.5) is 0 Å². The maximum Gasteiger partial charge on any atom is 0.133 e. The Morgan fingerprint density at radius 2 is 1.21 bits per heavy atom. The molecule has 0 bridgehead atoms. The van der Waals surface area contributed by atoms with Crippen molar-refractivity contribution >= 4 is 32.8 Å². The second-order valence-corrected chi connectivity index (χ2v) is 18.2. The van der Waals surface area contributed by atoms with Gasteiger partial charge in [0.05, 0.1) is 34.4 Å². The topological polar surface area (TPSA) is 64.1 Å². The first-order valence-corrected chi connectivity index (χ1v) is 20.9. The molecule has 0 unspecified atom stereocenters. The molecule has 5 heteroatoms. The summed E-state index contributed by atoms with van der Waals surface area (Å²) < 4.78 is 8.00. The minimum Gasteiger partial charge on any atom is -0.507 e. The molecule has 0 saturated heterocycles. The highest BCUT2D eigenvalue weighted by Gasteiger charge is 2.23. The smallest absolute Gasteiger partial charge is 0.133 e. The molecule has 10 rings (SSSR count). The summed E-state index contributed by atoms with van der Waals surface area (Å²) in [6.45, 7) is 13.6. The largest absolute Gasteiger partial charge is 0.507 e. The molecular weight excluding hydrogens is 747 g/mol. The first-order valence-electron chi connectivity index (χ1n) is 20.9. The van der Waals surface area contributed by atoms with Crippen LogP contribution in [0, 0.1) is 0 Å². The standard InChI is InChI=1S/C56H47N3O2/c1-55(2,3)41-28-39(29-42(34-41)56(4,5)6)40-32-48(58-49(33-40)46-16-8-10-19-52(46)60)36-13-11-14-38(27-36)54-44(17-12-25-57-54)35-20-22-51-47(31-35)45-15-7-9-18-50(45)59(51)43-21-23-53-37(30-43)24-26-61-53/h7-34,60H,1-6H3. The molecule has 0 spiro atoms. The molecule has 1 N–H and O–H groups in total. The van der Waals surface area contributed by atoms with Crippen molar-refractivity contribution in [3.8, 4) is 67.5 Å². The Morgan fingerprint density at radius 3 is 2.02 bits per heavy atom. The molecule has 61 heavy (non-hydrogen) atoms. The summed E-state index contributed by atoms with van der Waals surface area (Å²) in [5.41, 5.74) is 16.1. The first kappa shape index (κ1) is 38.0. The van der Waals surface area contributed by atoms with Crippen molar-refractivity contribution in [2.45, 2.75) is 52.4 Å². The summed E-state index contributed by atoms with van der Waals surface area (Å²) >= 11 is 0. The van der Waals surface area contributed by atoms with Gasteiger partial charge in [0.25, 0.3) is 0 Å². The van der Waals surface area contributed by atoms with Crippen LogP contribution in [0.2, 0.25) is 0 Å². The molecule has 0 aliphatic heterocycles. The SMILES string of the molecule is CC(C)(C)c1cc(-c2cc(-c3cccc(-c4ncccc4-c4ccc5c(c4)c4ccccc4n5-c4ccc5occc5c4)c3)nc(-c3ccccc3O)c2)cc(C(C)(C)C)c1. The van der Waals surface area contributed by atoms with E-state index >= 15 is 0 Å². The van der Waals surface area contributed by atoms with Crippen molar-refractivity contribution in [1.29, 1.82) is 0 Å². The van der Waals surface area contributed by atoms with Crippen molar-refractivity contribution in [3.63, 3.8) is 0 Å². The summed E-state index contributed by atoms with van der Waals surface area (Å²) in [6, 6.07) is 55.1. The molecular formula is C56H47N3O2. The van der Waals surface area contributed by atoms with Crippen molar-refractivity contribution < 1.29 is 9.52 Å². The van der Waals surface area contributed by atoms with Gasteiger partial charge in [-0.25, -0.2) is 4.98 Å². The molecule has 0 radical (unpaired) electrons. The number of phenolic OH excluding ortho intramolecular Hbond substituents is 1. The maximum absolute atomic E-state index is 11.1. The number of benzene rings is 6. The fourth-order valence-electron chi connectivity index (χ4n) is 8.54. The lowest BCUT2D eigenvalue weighted by atomic mass is 9.79. The van der Waals surface area contributed by atoms with E-state index in [-0.39, 0.29) is 16.6 Å². The Balaban J connectivity index is 1.10. The predicted molar refractivity (Wildman–Crippen MR) is 252 cm³/mol. The van der Waals surface area contributed by atoms with E-state index < -0.39 is 0 Å². The number of aromatic nitrogens is 3. The van der Waals surface area contributed by atoms with Gasteiger partial charge >= 0.3 is 0 Å². The molecule has 0 aliphatic carbocycles. The third-order valence-corrected chi connectivity index (χ3v) is 11.9. The molecule has 0 saturated carbocycles. The Bertz CT molecular complexity index is 3270. The van der Waals surface area contributed by atoms with E-state index in [1.807, 2.05) is 42.6 Å². The molecule has 298 valence electrons. The van der Waals surface area contributed by atoms with Crippen LogP contribution in [0.25, 0.3) is 94.5 Å². The average molecular weight is 794 g/mol. The van der Waals surface area contributed by atoms with Gasteiger partial charge in [0.15, 0.2) is 0 Å². The normalized spacial score (nSPS) is 12.2. The summed E-state index contributed by atoms with van der Waals surface area (Å²) in [7, 11) is 0. The van der Waals surface area contributed by atoms with E-state index in [1.165, 1.54) is 21.9 Å². The van der Waals surface area contributed by atoms with Gasteiger partial charge in [0.1, 0.15) is 11.3 Å². The van der Waals surface area contributed by atoms with Crippen molar-refractivity contribution in [3.05, 3.63) is 181 Å². The number of aromatic hydroxyl groups is 1. The van der Waals surface area contributed by atoms with E-state index in [0.29, 0.717) is 11.3 Å². The van der Waals surface area contributed by atoms with Gasteiger partial charge in [0.2, 0.25) is 0 Å². The van der Waals surface area contributed by atoms with Crippen LogP contribution < -0.4 is 0 Å². The lowest BCUT2D eigenvalue weighted by Gasteiger charge is -2.26. The van der Waals surface area contributed by atoms with Gasteiger partial charge in [-0.15, -0.1) is 0 Å². The number of hydrogen-bond acceptors (Lipinski definition) is 4. The van der Waals surface area contributed by atoms with Gasteiger partial charge in [-0.1, -0.05) is 120 Å². The molecule has 0 fully saturated rings. The van der Waals surface area contributed by atoms with E-state index in [4.69, 9.17) is 14.4 Å². The van der Waals surface area contributed by atoms with Crippen LogP contribution in [-0.2, 0) is 10.8 Å². The van der Waals surface area contributed by atoms with Gasteiger partial charge in [-0.05, 0) is 118 Å². The monoisotopic (exact) mass is 793 g/mol. The fraction of sp³-hybridized carbons (Fsp3) is 0.143. The van der Waals surface area contributed by atoms with E-state index in [1.54, 1.807) is 12.3 Å². The number of phenols is 1. The average Bonchev–Trinajstić information content (AvgIpc) is 3.88. The summed E-state index contributed by atoms with van der Waals surface area (Å²) in [5.74, 6) is 0.197. The van der Waals surface area contributed by atoms with Gasteiger partial charge < -0.3 is 14.1 Å². The Labute approximate surface area is 356 Å². The van der Waals surface area contributed by atoms with Gasteiger partial charge in [0, 0.05) is 50.3 Å². The molecule has 10 aromatic rings. The minimum absolute atomic E-state index is 0.0434. The first-order chi connectivity index (χ1) is 29.4. The quantitative estimate of drug-likeness (QED) is 0.182. The van der Waals surface area contributed by atoms with Gasteiger partial charge in [-0.3, -0.25) is 4.98 Å². The van der Waals surface area contributed by atoms with Crippen LogP contribution in [0.15, 0.2) is 175 Å². The number of hydrogen-bond donors (Lipinski definition) is 1. The third-order valence-electron chi connectivity index (χ3n) is 11.9. The van der Waals surface area contributed by atoms with Crippen LogP contribution in [0.5, 0.6) is 5.75 Å². The number of furan rings is 1. The molecule has 0 aliphatic rings. The molecule has 6 aromatic carbocycles. The fourth-order valence-corrected chi connectivity index (χ4v) is 8.54. The Hall–Kier alpha value is -7.24. The molecule has 0 amide bonds. The summed E-state index contributed by atoms with van der Waals surface area (Å²) in [5, 5.41) is 14.5. The Morgan fingerprint density at radius 1 is 0.508 bits per heavy atom. The number of pyridine rings is 2. The minimum atomic E-state index is -0.0434.